The van der Waals surface area contributed by atoms with Crippen molar-refractivity contribution < 1.29 is 8.42 Å². The number of hydrogen-bond acceptors (Lipinski definition) is 2. The molecule has 1 aliphatic carbocycles. The Labute approximate surface area is 112 Å². The van der Waals surface area contributed by atoms with Crippen molar-refractivity contribution in [1.82, 2.24) is 8.61 Å². The fraction of sp³-hybridized carbons (Fsp3) is 1.00. The maximum Gasteiger partial charge on any atom is 0.282 e. The lowest BCUT2D eigenvalue weighted by atomic mass is 10.1. The van der Waals surface area contributed by atoms with Gasteiger partial charge in [-0.2, -0.15) is 17.0 Å². The van der Waals surface area contributed by atoms with Crippen molar-refractivity contribution in [3.63, 3.8) is 0 Å². The molecule has 0 bridgehead atoms. The van der Waals surface area contributed by atoms with Crippen molar-refractivity contribution in [2.75, 3.05) is 13.1 Å². The van der Waals surface area contributed by atoms with E-state index in [2.05, 4.69) is 13.8 Å². The van der Waals surface area contributed by atoms with Gasteiger partial charge in [-0.1, -0.05) is 20.3 Å². The summed E-state index contributed by atoms with van der Waals surface area (Å²) in [7, 11) is -3.24. The Balaban J connectivity index is 2.15. The molecule has 2 rings (SSSR count). The Bertz CT molecular complexity index is 376. The van der Waals surface area contributed by atoms with Crippen molar-refractivity contribution in [2.24, 2.45) is 5.92 Å². The fourth-order valence-corrected chi connectivity index (χ4v) is 4.97. The zero-order valence-corrected chi connectivity index (χ0v) is 12.6. The summed E-state index contributed by atoms with van der Waals surface area (Å²) in [6.45, 7) is 7.58. The van der Waals surface area contributed by atoms with Crippen LogP contribution in [0.1, 0.15) is 52.9 Å². The van der Waals surface area contributed by atoms with E-state index in [1.807, 2.05) is 6.92 Å². The average Bonchev–Trinajstić information content (AvgIpc) is 3.09. The van der Waals surface area contributed by atoms with Gasteiger partial charge in [0.25, 0.3) is 10.2 Å². The molecule has 0 amide bonds. The van der Waals surface area contributed by atoms with Gasteiger partial charge >= 0.3 is 0 Å². The molecule has 106 valence electrons. The first kappa shape index (κ1) is 14.3. The molecule has 1 aliphatic heterocycles. The standard InChI is InChI=1S/C13H26N2O2S/c1-11(2)10-15(13-7-8-13)18(16,17)14-9-5-4-6-12(14)3/h11-13H,4-10H2,1-3H3/t12-/m0/s1. The average molecular weight is 274 g/mol. The maximum absolute atomic E-state index is 12.8. The molecule has 0 aromatic heterocycles. The van der Waals surface area contributed by atoms with E-state index in [0.717, 1.165) is 32.1 Å². The van der Waals surface area contributed by atoms with Crippen LogP contribution in [0.4, 0.5) is 0 Å². The summed E-state index contributed by atoms with van der Waals surface area (Å²) in [5, 5.41) is 0. The molecular weight excluding hydrogens is 248 g/mol. The molecule has 0 aromatic rings. The first-order valence-electron chi connectivity index (χ1n) is 7.21. The molecule has 1 saturated heterocycles. The molecule has 5 heteroatoms. The predicted molar refractivity (Wildman–Crippen MR) is 73.5 cm³/mol. The first-order chi connectivity index (χ1) is 8.43. The minimum absolute atomic E-state index is 0.164. The highest BCUT2D eigenvalue weighted by atomic mass is 32.2. The van der Waals surface area contributed by atoms with Crippen molar-refractivity contribution in [3.05, 3.63) is 0 Å². The molecule has 4 nitrogen and oxygen atoms in total. The minimum atomic E-state index is -3.24. The van der Waals surface area contributed by atoms with Crippen LogP contribution in [0.3, 0.4) is 0 Å². The van der Waals surface area contributed by atoms with Gasteiger partial charge in [-0.05, 0) is 38.5 Å². The highest BCUT2D eigenvalue weighted by Crippen LogP contribution is 2.33. The summed E-state index contributed by atoms with van der Waals surface area (Å²) < 4.78 is 29.0. The Kier molecular flexibility index (Phi) is 4.34. The maximum atomic E-state index is 12.8. The Hall–Kier alpha value is -0.130. The van der Waals surface area contributed by atoms with E-state index < -0.39 is 10.2 Å². The van der Waals surface area contributed by atoms with Crippen LogP contribution in [0.15, 0.2) is 0 Å². The molecule has 1 heterocycles. The largest absolute Gasteiger partial charge is 0.282 e. The van der Waals surface area contributed by atoms with Crippen molar-refractivity contribution in [1.29, 1.82) is 0 Å². The monoisotopic (exact) mass is 274 g/mol. The van der Waals surface area contributed by atoms with Crippen LogP contribution in [0, 0.1) is 5.92 Å². The molecule has 1 saturated carbocycles. The highest BCUT2D eigenvalue weighted by Gasteiger charge is 2.42. The number of rotatable bonds is 5. The van der Waals surface area contributed by atoms with E-state index in [9.17, 15) is 8.42 Å². The summed E-state index contributed by atoms with van der Waals surface area (Å²) in [5.41, 5.74) is 0. The number of hydrogen-bond donors (Lipinski definition) is 0. The second-order valence-corrected chi connectivity index (χ2v) is 7.99. The molecule has 0 aromatic carbocycles. The van der Waals surface area contributed by atoms with Gasteiger partial charge in [0.2, 0.25) is 0 Å². The lowest BCUT2D eigenvalue weighted by Crippen LogP contribution is -2.51. The van der Waals surface area contributed by atoms with E-state index in [0.29, 0.717) is 19.0 Å². The molecule has 0 unspecified atom stereocenters. The molecule has 18 heavy (non-hydrogen) atoms. The van der Waals surface area contributed by atoms with E-state index in [1.54, 1.807) is 8.61 Å². The third-order valence-electron chi connectivity index (χ3n) is 3.83. The van der Waals surface area contributed by atoms with E-state index in [4.69, 9.17) is 0 Å². The van der Waals surface area contributed by atoms with Gasteiger partial charge in [0.15, 0.2) is 0 Å². The quantitative estimate of drug-likeness (QED) is 0.771. The van der Waals surface area contributed by atoms with E-state index in [-0.39, 0.29) is 12.1 Å². The van der Waals surface area contributed by atoms with Crippen LogP contribution in [-0.2, 0) is 10.2 Å². The van der Waals surface area contributed by atoms with E-state index in [1.165, 1.54) is 0 Å². The molecule has 0 radical (unpaired) electrons. The lowest BCUT2D eigenvalue weighted by molar-refractivity contribution is 0.236. The summed E-state index contributed by atoms with van der Waals surface area (Å²) in [6, 6.07) is 0.434. The molecule has 2 fully saturated rings. The Morgan fingerprint density at radius 1 is 1.22 bits per heavy atom. The molecule has 1 atom stereocenters. The zero-order valence-electron chi connectivity index (χ0n) is 11.8. The van der Waals surface area contributed by atoms with Gasteiger partial charge in [0.05, 0.1) is 0 Å². The van der Waals surface area contributed by atoms with Gasteiger partial charge in [0, 0.05) is 25.2 Å². The van der Waals surface area contributed by atoms with Crippen molar-refractivity contribution >= 4 is 10.2 Å². The predicted octanol–water partition coefficient (Wildman–Crippen LogP) is 2.23. The van der Waals surface area contributed by atoms with Crippen LogP contribution in [0.5, 0.6) is 0 Å². The van der Waals surface area contributed by atoms with Crippen molar-refractivity contribution in [2.45, 2.75) is 65.0 Å². The number of piperidine rings is 1. The van der Waals surface area contributed by atoms with Crippen LogP contribution in [0.25, 0.3) is 0 Å². The summed E-state index contributed by atoms with van der Waals surface area (Å²) in [6.07, 6.45) is 5.23. The van der Waals surface area contributed by atoms with Gasteiger partial charge in [-0.25, -0.2) is 0 Å². The minimum Gasteiger partial charge on any atom is -0.195 e. The van der Waals surface area contributed by atoms with Crippen LogP contribution < -0.4 is 0 Å². The summed E-state index contributed by atoms with van der Waals surface area (Å²) >= 11 is 0. The lowest BCUT2D eigenvalue weighted by Gasteiger charge is -2.37. The SMILES string of the molecule is CC(C)CN(C1CC1)S(=O)(=O)N1CCCC[C@@H]1C. The topological polar surface area (TPSA) is 40.6 Å². The van der Waals surface area contributed by atoms with Gasteiger partial charge in [0.1, 0.15) is 0 Å². The highest BCUT2D eigenvalue weighted by molar-refractivity contribution is 7.86. The Morgan fingerprint density at radius 2 is 1.89 bits per heavy atom. The zero-order chi connectivity index (χ0) is 13.3. The smallest absolute Gasteiger partial charge is 0.195 e. The molecular formula is C13H26N2O2S. The number of nitrogens with zero attached hydrogens (tertiary/aromatic N) is 2. The molecule has 2 aliphatic rings. The van der Waals surface area contributed by atoms with Gasteiger partial charge in [-0.3, -0.25) is 0 Å². The third-order valence-corrected chi connectivity index (χ3v) is 6.01. The second kappa shape index (κ2) is 5.47. The normalized spacial score (nSPS) is 27.1. The Morgan fingerprint density at radius 3 is 2.39 bits per heavy atom. The fourth-order valence-electron chi connectivity index (χ4n) is 2.70. The van der Waals surface area contributed by atoms with Crippen LogP contribution in [-0.4, -0.2) is 42.2 Å². The van der Waals surface area contributed by atoms with Crippen LogP contribution >= 0.6 is 0 Å². The van der Waals surface area contributed by atoms with Crippen LogP contribution in [0.2, 0.25) is 0 Å². The van der Waals surface area contributed by atoms with Gasteiger partial charge in [-0.15, -0.1) is 0 Å². The molecule has 0 N–H and O–H groups in total. The molecule has 0 spiro atoms. The summed E-state index contributed by atoms with van der Waals surface area (Å²) in [5.74, 6) is 0.389. The van der Waals surface area contributed by atoms with E-state index >= 15 is 0 Å². The summed E-state index contributed by atoms with van der Waals surface area (Å²) in [4.78, 5) is 0. The third kappa shape index (κ3) is 3.06. The second-order valence-electron chi connectivity index (χ2n) is 6.16. The van der Waals surface area contributed by atoms with Gasteiger partial charge < -0.3 is 0 Å². The first-order valence-corrected chi connectivity index (χ1v) is 8.61. The van der Waals surface area contributed by atoms with Crippen molar-refractivity contribution in [3.8, 4) is 0 Å².